The van der Waals surface area contributed by atoms with Gasteiger partial charge >= 0.3 is 12.1 Å². The SMILES string of the molecule is O=C(O)Cn1c[c]c(C(F)(F)F)n1. The minimum absolute atomic E-state index is 0.605. The number of rotatable bonds is 2. The van der Waals surface area contributed by atoms with E-state index in [1.165, 1.54) is 0 Å². The van der Waals surface area contributed by atoms with Crippen molar-refractivity contribution in [3.63, 3.8) is 0 Å². The van der Waals surface area contributed by atoms with Gasteiger partial charge in [0.2, 0.25) is 0 Å². The van der Waals surface area contributed by atoms with Gasteiger partial charge in [-0.05, 0) is 0 Å². The lowest BCUT2D eigenvalue weighted by molar-refractivity contribution is -0.143. The van der Waals surface area contributed by atoms with Gasteiger partial charge in [-0.15, -0.1) is 0 Å². The van der Waals surface area contributed by atoms with Crippen LogP contribution in [0.25, 0.3) is 0 Å². The Morgan fingerprint density at radius 1 is 1.69 bits per heavy atom. The molecule has 0 aliphatic heterocycles. The Morgan fingerprint density at radius 3 is 2.69 bits per heavy atom. The molecule has 0 saturated heterocycles. The van der Waals surface area contributed by atoms with Crippen molar-refractivity contribution in [3.05, 3.63) is 18.0 Å². The highest BCUT2D eigenvalue weighted by atomic mass is 19.4. The predicted molar refractivity (Wildman–Crippen MR) is 33.7 cm³/mol. The van der Waals surface area contributed by atoms with E-state index < -0.39 is 24.4 Å². The number of alkyl halides is 3. The molecule has 0 aliphatic rings. The molecule has 1 N–H and O–H groups in total. The minimum atomic E-state index is -4.58. The zero-order valence-electron chi connectivity index (χ0n) is 6.17. The summed E-state index contributed by atoms with van der Waals surface area (Å²) in [7, 11) is 0. The van der Waals surface area contributed by atoms with E-state index in [4.69, 9.17) is 5.11 Å². The minimum Gasteiger partial charge on any atom is -0.480 e. The summed E-state index contributed by atoms with van der Waals surface area (Å²) >= 11 is 0. The molecule has 0 unspecified atom stereocenters. The third-order valence-electron chi connectivity index (χ3n) is 1.14. The van der Waals surface area contributed by atoms with E-state index in [0.717, 1.165) is 6.20 Å². The third kappa shape index (κ3) is 2.46. The van der Waals surface area contributed by atoms with E-state index >= 15 is 0 Å². The highest BCUT2D eigenvalue weighted by molar-refractivity contribution is 5.66. The number of halogens is 3. The van der Waals surface area contributed by atoms with E-state index in [0.29, 0.717) is 4.68 Å². The third-order valence-corrected chi connectivity index (χ3v) is 1.14. The second-order valence-electron chi connectivity index (χ2n) is 2.21. The molecule has 0 saturated carbocycles. The van der Waals surface area contributed by atoms with Crippen LogP contribution in [-0.2, 0) is 17.5 Å². The molecular weight excluding hydrogens is 189 g/mol. The van der Waals surface area contributed by atoms with Gasteiger partial charge in [-0.2, -0.15) is 18.3 Å². The Balaban J connectivity index is 2.81. The van der Waals surface area contributed by atoms with Gasteiger partial charge in [-0.1, -0.05) is 0 Å². The van der Waals surface area contributed by atoms with Gasteiger partial charge in [0, 0.05) is 12.3 Å². The van der Waals surface area contributed by atoms with E-state index in [-0.39, 0.29) is 0 Å². The number of hydrogen-bond donors (Lipinski definition) is 1. The smallest absolute Gasteiger partial charge is 0.435 e. The summed E-state index contributed by atoms with van der Waals surface area (Å²) in [4.78, 5) is 10.1. The van der Waals surface area contributed by atoms with Crippen molar-refractivity contribution in [2.24, 2.45) is 0 Å². The van der Waals surface area contributed by atoms with Gasteiger partial charge in [0.25, 0.3) is 0 Å². The molecule has 1 rings (SSSR count). The average Bonchev–Trinajstić information content (AvgIpc) is 2.32. The Kier molecular flexibility index (Phi) is 2.26. The standard InChI is InChI=1S/C6H4F3N2O2/c7-6(8,9)4-1-2-11(10-4)3-5(12)13/h2H,3H2,(H,12,13). The van der Waals surface area contributed by atoms with Crippen LogP contribution < -0.4 is 0 Å². The average molecular weight is 193 g/mol. The first-order chi connectivity index (χ1) is 5.89. The van der Waals surface area contributed by atoms with Crippen molar-refractivity contribution in [3.8, 4) is 0 Å². The molecule has 4 nitrogen and oxygen atoms in total. The quantitative estimate of drug-likeness (QED) is 0.755. The van der Waals surface area contributed by atoms with Crippen molar-refractivity contribution >= 4 is 5.97 Å². The number of nitrogens with zero attached hydrogens (tertiary/aromatic N) is 2. The summed E-state index contributed by atoms with van der Waals surface area (Å²) in [5, 5.41) is 11.2. The molecule has 0 spiro atoms. The summed E-state index contributed by atoms with van der Waals surface area (Å²) in [5.41, 5.74) is -1.21. The van der Waals surface area contributed by atoms with Crippen molar-refractivity contribution in [1.82, 2.24) is 9.78 Å². The predicted octanol–water partition coefficient (Wildman–Crippen LogP) is 0.787. The first kappa shape index (κ1) is 9.56. The Hall–Kier alpha value is -1.53. The van der Waals surface area contributed by atoms with Crippen molar-refractivity contribution in [2.45, 2.75) is 12.7 Å². The molecular formula is C6H4F3N2O2. The molecule has 1 heterocycles. The fraction of sp³-hybridized carbons (Fsp3) is 0.333. The topological polar surface area (TPSA) is 55.1 Å². The lowest BCUT2D eigenvalue weighted by Crippen LogP contribution is -2.12. The van der Waals surface area contributed by atoms with Crippen LogP contribution >= 0.6 is 0 Å². The summed E-state index contributed by atoms with van der Waals surface area (Å²) in [5.74, 6) is -1.26. The zero-order valence-corrected chi connectivity index (χ0v) is 6.17. The Bertz CT molecular complexity index is 318. The Labute approximate surface area is 70.6 Å². The van der Waals surface area contributed by atoms with E-state index in [1.54, 1.807) is 0 Å². The summed E-state index contributed by atoms with van der Waals surface area (Å²) < 4.78 is 36.3. The van der Waals surface area contributed by atoms with Crippen molar-refractivity contribution in [1.29, 1.82) is 0 Å². The van der Waals surface area contributed by atoms with Gasteiger partial charge in [0.1, 0.15) is 6.54 Å². The van der Waals surface area contributed by atoms with Gasteiger partial charge in [0.15, 0.2) is 5.69 Å². The monoisotopic (exact) mass is 193 g/mol. The zero-order chi connectivity index (χ0) is 10.1. The van der Waals surface area contributed by atoms with Gasteiger partial charge < -0.3 is 5.11 Å². The van der Waals surface area contributed by atoms with Crippen LogP contribution in [-0.4, -0.2) is 20.9 Å². The van der Waals surface area contributed by atoms with Gasteiger partial charge in [0.05, 0.1) is 0 Å². The molecule has 1 aromatic rings. The molecule has 0 amide bonds. The molecule has 0 bridgehead atoms. The normalized spacial score (nSPS) is 11.6. The summed E-state index contributed by atoms with van der Waals surface area (Å²) in [6.45, 7) is -0.605. The molecule has 0 atom stereocenters. The number of carboxylic acids is 1. The second-order valence-corrected chi connectivity index (χ2v) is 2.21. The van der Waals surface area contributed by atoms with E-state index in [2.05, 4.69) is 5.10 Å². The maximum absolute atomic E-state index is 11.9. The van der Waals surface area contributed by atoms with Crippen LogP contribution in [0.2, 0.25) is 0 Å². The number of aromatic nitrogens is 2. The second kappa shape index (κ2) is 3.08. The summed E-state index contributed by atoms with van der Waals surface area (Å²) in [6, 6.07) is 1.81. The molecule has 1 aromatic heterocycles. The largest absolute Gasteiger partial charge is 0.480 e. The maximum atomic E-state index is 11.9. The fourth-order valence-electron chi connectivity index (χ4n) is 0.680. The lowest BCUT2D eigenvalue weighted by atomic mass is 10.4. The van der Waals surface area contributed by atoms with E-state index in [1.807, 2.05) is 6.07 Å². The van der Waals surface area contributed by atoms with Crippen LogP contribution in [0.3, 0.4) is 0 Å². The van der Waals surface area contributed by atoms with Gasteiger partial charge in [-0.3, -0.25) is 9.48 Å². The molecule has 0 aromatic carbocycles. The van der Waals surface area contributed by atoms with E-state index in [9.17, 15) is 18.0 Å². The first-order valence-corrected chi connectivity index (χ1v) is 3.13. The van der Waals surface area contributed by atoms with Crippen LogP contribution in [0.1, 0.15) is 5.69 Å². The summed E-state index contributed by atoms with van der Waals surface area (Å²) in [6.07, 6.45) is -3.74. The van der Waals surface area contributed by atoms with Crippen LogP contribution in [0.4, 0.5) is 13.2 Å². The number of carbonyl (C=O) groups is 1. The molecule has 7 heteroatoms. The maximum Gasteiger partial charge on any atom is 0.435 e. The lowest BCUT2D eigenvalue weighted by Gasteiger charge is -2.00. The highest BCUT2D eigenvalue weighted by Crippen LogP contribution is 2.26. The van der Waals surface area contributed by atoms with Crippen molar-refractivity contribution < 1.29 is 23.1 Å². The van der Waals surface area contributed by atoms with Crippen LogP contribution in [0, 0.1) is 6.07 Å². The highest BCUT2D eigenvalue weighted by Gasteiger charge is 2.33. The van der Waals surface area contributed by atoms with Crippen LogP contribution in [0.15, 0.2) is 6.20 Å². The fourth-order valence-corrected chi connectivity index (χ4v) is 0.680. The molecule has 71 valence electrons. The molecule has 0 fully saturated rings. The molecule has 1 radical (unpaired) electrons. The Morgan fingerprint density at radius 2 is 2.31 bits per heavy atom. The number of hydrogen-bond acceptors (Lipinski definition) is 2. The molecule has 13 heavy (non-hydrogen) atoms. The number of carboxylic acid groups (broad SMARTS) is 1. The van der Waals surface area contributed by atoms with Crippen LogP contribution in [0.5, 0.6) is 0 Å². The van der Waals surface area contributed by atoms with Crippen molar-refractivity contribution in [2.75, 3.05) is 0 Å². The first-order valence-electron chi connectivity index (χ1n) is 3.13. The molecule has 0 aliphatic carbocycles. The van der Waals surface area contributed by atoms with Gasteiger partial charge in [-0.25, -0.2) is 0 Å². The number of aliphatic carboxylic acids is 1.